The van der Waals surface area contributed by atoms with Crippen LogP contribution in [-0.4, -0.2) is 10.9 Å². The molecule has 0 aromatic heterocycles. The Hall–Kier alpha value is -2.46. The van der Waals surface area contributed by atoms with Crippen LogP contribution in [0.15, 0.2) is 65.9 Å². The van der Waals surface area contributed by atoms with Crippen LogP contribution in [0.4, 0.5) is 0 Å². The first-order valence-electron chi connectivity index (χ1n) is 7.51. The lowest BCUT2D eigenvalue weighted by molar-refractivity contribution is -0.114. The molecule has 1 atom stereocenters. The number of ketones is 1. The molecule has 1 heterocycles. The minimum Gasteiger partial charge on any atom is -0.351 e. The summed E-state index contributed by atoms with van der Waals surface area (Å²) in [4.78, 5) is 12.0. The molecule has 116 valence electrons. The van der Waals surface area contributed by atoms with Crippen molar-refractivity contribution < 1.29 is 4.79 Å². The van der Waals surface area contributed by atoms with Gasteiger partial charge in [0.2, 0.25) is 0 Å². The molecule has 0 fully saturated rings. The van der Waals surface area contributed by atoms with E-state index in [9.17, 15) is 4.79 Å². The van der Waals surface area contributed by atoms with Gasteiger partial charge in [-0.2, -0.15) is 0 Å². The minimum absolute atomic E-state index is 0.0436. The SMILES string of the molecule is CC(=O)C1=C(C)NC(=S)NC1c1ccc(-c2ccccc2)cc1. The van der Waals surface area contributed by atoms with Crippen molar-refractivity contribution in [2.75, 3.05) is 0 Å². The number of Topliss-reactive ketones (excluding diaryl/α,β-unsaturated/α-hetero) is 1. The number of carbonyl (C=O) groups excluding carboxylic acids is 1. The summed E-state index contributed by atoms with van der Waals surface area (Å²) in [6, 6.07) is 18.3. The number of hydrogen-bond donors (Lipinski definition) is 2. The fraction of sp³-hybridized carbons (Fsp3) is 0.158. The zero-order valence-corrected chi connectivity index (χ0v) is 13.9. The van der Waals surface area contributed by atoms with E-state index in [0.29, 0.717) is 5.11 Å². The van der Waals surface area contributed by atoms with Gasteiger partial charge in [-0.3, -0.25) is 4.79 Å². The van der Waals surface area contributed by atoms with Crippen LogP contribution in [0.3, 0.4) is 0 Å². The molecule has 0 radical (unpaired) electrons. The summed E-state index contributed by atoms with van der Waals surface area (Å²) in [7, 11) is 0. The minimum atomic E-state index is -0.203. The summed E-state index contributed by atoms with van der Waals surface area (Å²) in [6.07, 6.45) is 0. The van der Waals surface area contributed by atoms with Gasteiger partial charge in [0, 0.05) is 11.3 Å². The molecule has 23 heavy (non-hydrogen) atoms. The van der Waals surface area contributed by atoms with Crippen molar-refractivity contribution >= 4 is 23.1 Å². The first-order chi connectivity index (χ1) is 11.1. The molecule has 0 spiro atoms. The molecule has 2 aromatic rings. The van der Waals surface area contributed by atoms with Crippen molar-refractivity contribution in [2.45, 2.75) is 19.9 Å². The molecule has 2 aromatic carbocycles. The van der Waals surface area contributed by atoms with Crippen molar-refractivity contribution in [2.24, 2.45) is 0 Å². The molecule has 0 saturated carbocycles. The van der Waals surface area contributed by atoms with E-state index < -0.39 is 0 Å². The third-order valence-electron chi connectivity index (χ3n) is 4.00. The van der Waals surface area contributed by atoms with Crippen LogP contribution in [0.25, 0.3) is 11.1 Å². The van der Waals surface area contributed by atoms with Crippen LogP contribution < -0.4 is 10.6 Å². The van der Waals surface area contributed by atoms with E-state index in [-0.39, 0.29) is 11.8 Å². The van der Waals surface area contributed by atoms with Crippen molar-refractivity contribution in [3.05, 3.63) is 71.4 Å². The van der Waals surface area contributed by atoms with Gasteiger partial charge in [-0.05, 0) is 42.8 Å². The Labute approximate surface area is 141 Å². The largest absolute Gasteiger partial charge is 0.351 e. The van der Waals surface area contributed by atoms with Gasteiger partial charge in [0.25, 0.3) is 0 Å². The van der Waals surface area contributed by atoms with Crippen molar-refractivity contribution in [1.82, 2.24) is 10.6 Å². The Kier molecular flexibility index (Phi) is 4.26. The van der Waals surface area contributed by atoms with E-state index >= 15 is 0 Å². The standard InChI is InChI=1S/C19H18N2OS/c1-12-17(13(2)22)18(21-19(23)20-12)16-10-8-15(9-11-16)14-6-4-3-5-7-14/h3-11,18H,1-2H3,(H2,20,21,23). The lowest BCUT2D eigenvalue weighted by atomic mass is 9.92. The van der Waals surface area contributed by atoms with Crippen molar-refractivity contribution in [1.29, 1.82) is 0 Å². The Morgan fingerprint density at radius 2 is 1.61 bits per heavy atom. The highest BCUT2D eigenvalue weighted by Gasteiger charge is 2.27. The summed E-state index contributed by atoms with van der Waals surface area (Å²) < 4.78 is 0. The second-order valence-corrected chi connectivity index (χ2v) is 6.02. The highest BCUT2D eigenvalue weighted by atomic mass is 32.1. The first kappa shape index (κ1) is 15.4. The maximum Gasteiger partial charge on any atom is 0.171 e. The molecular weight excluding hydrogens is 304 g/mol. The summed E-state index contributed by atoms with van der Waals surface area (Å²) in [5, 5.41) is 6.77. The molecule has 2 N–H and O–H groups in total. The number of benzene rings is 2. The third-order valence-corrected chi connectivity index (χ3v) is 4.22. The molecule has 1 aliphatic rings. The van der Waals surface area contributed by atoms with Gasteiger partial charge in [0.15, 0.2) is 10.9 Å². The number of thiocarbonyl (C=S) groups is 1. The van der Waals surface area contributed by atoms with Crippen LogP contribution in [0.2, 0.25) is 0 Å². The third kappa shape index (κ3) is 3.17. The van der Waals surface area contributed by atoms with Gasteiger partial charge < -0.3 is 10.6 Å². The van der Waals surface area contributed by atoms with Crippen LogP contribution in [0.5, 0.6) is 0 Å². The maximum atomic E-state index is 12.0. The Bertz CT molecular complexity index is 779. The van der Waals surface area contributed by atoms with Crippen LogP contribution in [0, 0.1) is 0 Å². The predicted molar refractivity (Wildman–Crippen MR) is 96.9 cm³/mol. The highest BCUT2D eigenvalue weighted by Crippen LogP contribution is 2.29. The Morgan fingerprint density at radius 3 is 2.22 bits per heavy atom. The summed E-state index contributed by atoms with van der Waals surface area (Å²) in [6.45, 7) is 3.47. The summed E-state index contributed by atoms with van der Waals surface area (Å²) in [5.74, 6) is 0.0436. The molecule has 0 amide bonds. The molecule has 1 aliphatic heterocycles. The molecule has 1 unspecified atom stereocenters. The topological polar surface area (TPSA) is 41.1 Å². The molecule has 4 heteroatoms. The molecule has 0 saturated heterocycles. The zero-order valence-electron chi connectivity index (χ0n) is 13.1. The number of nitrogens with one attached hydrogen (secondary N) is 2. The molecule has 3 rings (SSSR count). The van der Waals surface area contributed by atoms with Gasteiger partial charge in [0.05, 0.1) is 6.04 Å². The quantitative estimate of drug-likeness (QED) is 0.845. The summed E-state index contributed by atoms with van der Waals surface area (Å²) >= 11 is 5.23. The number of carbonyl (C=O) groups is 1. The Morgan fingerprint density at radius 1 is 1.00 bits per heavy atom. The maximum absolute atomic E-state index is 12.0. The van der Waals surface area contributed by atoms with Gasteiger partial charge in [-0.1, -0.05) is 54.6 Å². The van der Waals surface area contributed by atoms with E-state index in [0.717, 1.165) is 22.4 Å². The lowest BCUT2D eigenvalue weighted by Crippen LogP contribution is -2.44. The predicted octanol–water partition coefficient (Wildman–Crippen LogP) is 3.74. The summed E-state index contributed by atoms with van der Waals surface area (Å²) in [5.41, 5.74) is 4.89. The fourth-order valence-corrected chi connectivity index (χ4v) is 3.18. The van der Waals surface area contributed by atoms with Gasteiger partial charge in [0.1, 0.15) is 0 Å². The molecule has 0 aliphatic carbocycles. The normalized spacial score (nSPS) is 17.5. The highest BCUT2D eigenvalue weighted by molar-refractivity contribution is 7.80. The second-order valence-electron chi connectivity index (χ2n) is 5.61. The van der Waals surface area contributed by atoms with Crippen LogP contribution in [-0.2, 0) is 4.79 Å². The van der Waals surface area contributed by atoms with E-state index in [1.165, 1.54) is 5.56 Å². The molecule has 3 nitrogen and oxygen atoms in total. The number of allylic oxidation sites excluding steroid dienone is 1. The van der Waals surface area contributed by atoms with Crippen LogP contribution >= 0.6 is 12.2 Å². The number of hydrogen-bond acceptors (Lipinski definition) is 2. The number of rotatable bonds is 3. The first-order valence-corrected chi connectivity index (χ1v) is 7.91. The van der Waals surface area contributed by atoms with E-state index in [4.69, 9.17) is 12.2 Å². The van der Waals surface area contributed by atoms with E-state index in [1.807, 2.05) is 37.3 Å². The fourth-order valence-electron chi connectivity index (χ4n) is 2.91. The van der Waals surface area contributed by atoms with E-state index in [2.05, 4.69) is 34.9 Å². The van der Waals surface area contributed by atoms with Gasteiger partial charge >= 0.3 is 0 Å². The van der Waals surface area contributed by atoms with Crippen molar-refractivity contribution in [3.63, 3.8) is 0 Å². The second kappa shape index (κ2) is 6.34. The lowest BCUT2D eigenvalue weighted by Gasteiger charge is -2.30. The van der Waals surface area contributed by atoms with Crippen molar-refractivity contribution in [3.8, 4) is 11.1 Å². The molecular formula is C19H18N2OS. The average molecular weight is 322 g/mol. The zero-order chi connectivity index (χ0) is 16.4. The Balaban J connectivity index is 1.96. The molecule has 0 bridgehead atoms. The monoisotopic (exact) mass is 322 g/mol. The smallest absolute Gasteiger partial charge is 0.171 e. The average Bonchev–Trinajstić information content (AvgIpc) is 2.54. The van der Waals surface area contributed by atoms with Gasteiger partial charge in [-0.25, -0.2) is 0 Å². The van der Waals surface area contributed by atoms with Crippen LogP contribution in [0.1, 0.15) is 25.5 Å². The van der Waals surface area contributed by atoms with E-state index in [1.54, 1.807) is 6.92 Å². The van der Waals surface area contributed by atoms with Gasteiger partial charge in [-0.15, -0.1) is 0 Å².